The first-order valence-electron chi connectivity index (χ1n) is 3.46. The first-order valence-corrected chi connectivity index (χ1v) is 3.46. The first kappa shape index (κ1) is 7.06. The van der Waals surface area contributed by atoms with Crippen molar-refractivity contribution in [2.24, 2.45) is 4.99 Å². The number of nitrogens with zero attached hydrogens (tertiary/aromatic N) is 1. The van der Waals surface area contributed by atoms with E-state index in [1.165, 1.54) is 0 Å². The minimum Gasteiger partial charge on any atom is -0.383 e. The Kier molecular flexibility index (Phi) is 2.26. The summed E-state index contributed by atoms with van der Waals surface area (Å²) in [5.74, 6) is 0. The zero-order chi connectivity index (χ0) is 7.40. The molecule has 10 heavy (non-hydrogen) atoms. The van der Waals surface area contributed by atoms with E-state index in [9.17, 15) is 0 Å². The highest BCUT2D eigenvalue weighted by Crippen LogP contribution is 2.14. The average Bonchev–Trinajstić information content (AvgIpc) is 2.36. The molecule has 0 amide bonds. The second kappa shape index (κ2) is 3.20. The van der Waals surface area contributed by atoms with Crippen molar-refractivity contribution < 1.29 is 0 Å². The summed E-state index contributed by atoms with van der Waals surface area (Å²) in [5, 5.41) is 3.19. The van der Waals surface area contributed by atoms with Crippen molar-refractivity contribution >= 4 is 6.21 Å². The molecular formula is C8H12N2. The molecule has 0 aromatic rings. The van der Waals surface area contributed by atoms with Gasteiger partial charge in [0.2, 0.25) is 0 Å². The summed E-state index contributed by atoms with van der Waals surface area (Å²) >= 11 is 0. The van der Waals surface area contributed by atoms with Crippen molar-refractivity contribution in [2.75, 3.05) is 6.54 Å². The Bertz CT molecular complexity index is 189. The van der Waals surface area contributed by atoms with Crippen molar-refractivity contribution in [1.29, 1.82) is 0 Å². The molecule has 0 bridgehead atoms. The third-order valence-corrected chi connectivity index (χ3v) is 1.48. The van der Waals surface area contributed by atoms with Gasteiger partial charge in [-0.05, 0) is 13.0 Å². The van der Waals surface area contributed by atoms with E-state index in [-0.39, 0.29) is 0 Å². The topological polar surface area (TPSA) is 24.4 Å². The number of hydrogen-bond acceptors (Lipinski definition) is 2. The van der Waals surface area contributed by atoms with Crippen LogP contribution in [-0.2, 0) is 0 Å². The molecule has 1 heterocycles. The highest BCUT2D eigenvalue weighted by molar-refractivity contribution is 5.56. The van der Waals surface area contributed by atoms with Crippen molar-refractivity contribution in [1.82, 2.24) is 5.32 Å². The van der Waals surface area contributed by atoms with Crippen LogP contribution in [0.2, 0.25) is 0 Å². The Morgan fingerprint density at radius 3 is 3.10 bits per heavy atom. The smallest absolute Gasteiger partial charge is 0.0647 e. The van der Waals surface area contributed by atoms with Crippen molar-refractivity contribution in [3.05, 3.63) is 24.0 Å². The second-order valence-corrected chi connectivity index (χ2v) is 2.13. The van der Waals surface area contributed by atoms with Gasteiger partial charge in [-0.3, -0.25) is 4.99 Å². The lowest BCUT2D eigenvalue weighted by atomic mass is 10.3. The molecular weight excluding hydrogens is 124 g/mol. The summed E-state index contributed by atoms with van der Waals surface area (Å²) in [7, 11) is 0. The van der Waals surface area contributed by atoms with Gasteiger partial charge in [0.15, 0.2) is 0 Å². The molecule has 0 unspecified atom stereocenters. The molecule has 0 saturated carbocycles. The summed E-state index contributed by atoms with van der Waals surface area (Å²) in [6, 6.07) is 0. The SMILES string of the molecule is C=CC1=C(N=CC)CCN1. The lowest BCUT2D eigenvalue weighted by molar-refractivity contribution is 0.884. The third kappa shape index (κ3) is 1.26. The maximum atomic E-state index is 4.20. The van der Waals surface area contributed by atoms with Gasteiger partial charge >= 0.3 is 0 Å². The van der Waals surface area contributed by atoms with Gasteiger partial charge in [-0.1, -0.05) is 6.58 Å². The van der Waals surface area contributed by atoms with Crippen LogP contribution < -0.4 is 5.32 Å². The number of hydrogen-bond donors (Lipinski definition) is 1. The van der Waals surface area contributed by atoms with Gasteiger partial charge in [-0.25, -0.2) is 0 Å². The van der Waals surface area contributed by atoms with Crippen LogP contribution in [0.3, 0.4) is 0 Å². The molecule has 0 aromatic heterocycles. The highest BCUT2D eigenvalue weighted by Gasteiger charge is 2.08. The zero-order valence-corrected chi connectivity index (χ0v) is 6.22. The van der Waals surface area contributed by atoms with Gasteiger partial charge in [0.25, 0.3) is 0 Å². The molecule has 1 aliphatic heterocycles. The Morgan fingerprint density at radius 2 is 2.50 bits per heavy atom. The van der Waals surface area contributed by atoms with Crippen molar-refractivity contribution in [2.45, 2.75) is 13.3 Å². The fraction of sp³-hybridized carbons (Fsp3) is 0.375. The molecule has 1 aliphatic rings. The number of nitrogens with one attached hydrogen (secondary N) is 1. The van der Waals surface area contributed by atoms with E-state index in [1.54, 1.807) is 0 Å². The molecule has 0 radical (unpaired) electrons. The quantitative estimate of drug-likeness (QED) is 0.571. The minimum atomic E-state index is 0.994. The van der Waals surface area contributed by atoms with Crippen LogP contribution in [0.25, 0.3) is 0 Å². The minimum absolute atomic E-state index is 0.994. The largest absolute Gasteiger partial charge is 0.383 e. The normalized spacial score (nSPS) is 18.1. The van der Waals surface area contributed by atoms with E-state index in [0.29, 0.717) is 0 Å². The van der Waals surface area contributed by atoms with E-state index < -0.39 is 0 Å². The molecule has 0 saturated heterocycles. The highest BCUT2D eigenvalue weighted by atomic mass is 14.9. The molecule has 0 spiro atoms. The van der Waals surface area contributed by atoms with Crippen LogP contribution in [0, 0.1) is 0 Å². The van der Waals surface area contributed by atoms with Gasteiger partial charge in [-0.2, -0.15) is 0 Å². The Morgan fingerprint density at radius 1 is 1.70 bits per heavy atom. The first-order chi connectivity index (χ1) is 4.88. The molecule has 2 nitrogen and oxygen atoms in total. The molecule has 0 aromatic carbocycles. The maximum Gasteiger partial charge on any atom is 0.0647 e. The summed E-state index contributed by atoms with van der Waals surface area (Å²) in [6.07, 6.45) is 4.65. The molecule has 2 heteroatoms. The summed E-state index contributed by atoms with van der Waals surface area (Å²) < 4.78 is 0. The molecule has 0 fully saturated rings. The van der Waals surface area contributed by atoms with E-state index in [4.69, 9.17) is 0 Å². The number of allylic oxidation sites excluding steroid dienone is 1. The standard InChI is InChI=1S/C8H12N2/c1-3-7-8(9-4-2)5-6-10-7/h3-4,10H,1,5-6H2,2H3. The number of aliphatic imine (C=N–C) groups is 1. The summed E-state index contributed by atoms with van der Waals surface area (Å²) in [4.78, 5) is 4.20. The second-order valence-electron chi connectivity index (χ2n) is 2.13. The number of rotatable bonds is 2. The van der Waals surface area contributed by atoms with Gasteiger partial charge in [0, 0.05) is 19.2 Å². The molecule has 1 N–H and O–H groups in total. The van der Waals surface area contributed by atoms with E-state index in [1.807, 2.05) is 19.2 Å². The van der Waals surface area contributed by atoms with Crippen LogP contribution in [0.5, 0.6) is 0 Å². The van der Waals surface area contributed by atoms with Crippen LogP contribution in [0.15, 0.2) is 29.0 Å². The van der Waals surface area contributed by atoms with Crippen LogP contribution in [-0.4, -0.2) is 12.8 Å². The average molecular weight is 136 g/mol. The summed E-state index contributed by atoms with van der Waals surface area (Å²) in [6.45, 7) is 6.60. The van der Waals surface area contributed by atoms with Gasteiger partial charge in [-0.15, -0.1) is 0 Å². The van der Waals surface area contributed by atoms with Crippen LogP contribution in [0.1, 0.15) is 13.3 Å². The molecule has 1 rings (SSSR count). The third-order valence-electron chi connectivity index (χ3n) is 1.48. The lowest BCUT2D eigenvalue weighted by Crippen LogP contribution is -2.04. The fourth-order valence-electron chi connectivity index (χ4n) is 1.03. The summed E-state index contributed by atoms with van der Waals surface area (Å²) in [5.41, 5.74) is 2.20. The zero-order valence-electron chi connectivity index (χ0n) is 6.22. The van der Waals surface area contributed by atoms with E-state index in [0.717, 1.165) is 24.4 Å². The van der Waals surface area contributed by atoms with E-state index in [2.05, 4.69) is 16.9 Å². The molecule has 54 valence electrons. The van der Waals surface area contributed by atoms with Gasteiger partial charge < -0.3 is 5.32 Å². The predicted octanol–water partition coefficient (Wildman–Crippen LogP) is 1.47. The van der Waals surface area contributed by atoms with Crippen molar-refractivity contribution in [3.8, 4) is 0 Å². The lowest BCUT2D eigenvalue weighted by Gasteiger charge is -1.94. The van der Waals surface area contributed by atoms with Gasteiger partial charge in [0.1, 0.15) is 0 Å². The van der Waals surface area contributed by atoms with Crippen molar-refractivity contribution in [3.63, 3.8) is 0 Å². The molecule has 0 aliphatic carbocycles. The Balaban J connectivity index is 2.77. The van der Waals surface area contributed by atoms with Gasteiger partial charge in [0.05, 0.1) is 11.4 Å². The fourth-order valence-corrected chi connectivity index (χ4v) is 1.03. The monoisotopic (exact) mass is 136 g/mol. The molecule has 0 atom stereocenters. The van der Waals surface area contributed by atoms with Crippen LogP contribution >= 0.6 is 0 Å². The Labute approximate surface area is 61.4 Å². The van der Waals surface area contributed by atoms with E-state index >= 15 is 0 Å². The predicted molar refractivity (Wildman–Crippen MR) is 44.0 cm³/mol. The maximum absolute atomic E-state index is 4.20. The Hall–Kier alpha value is -1.05. The van der Waals surface area contributed by atoms with Crippen LogP contribution in [0.4, 0.5) is 0 Å².